The van der Waals surface area contributed by atoms with E-state index in [1.54, 1.807) is 4.68 Å². The first-order chi connectivity index (χ1) is 13.9. The van der Waals surface area contributed by atoms with E-state index in [4.69, 9.17) is 4.74 Å². The second-order valence-corrected chi connectivity index (χ2v) is 9.17. The molecule has 1 saturated carbocycles. The van der Waals surface area contributed by atoms with E-state index in [1.807, 2.05) is 25.2 Å². The van der Waals surface area contributed by atoms with Crippen molar-refractivity contribution in [1.82, 2.24) is 20.4 Å². The van der Waals surface area contributed by atoms with Gasteiger partial charge in [-0.15, -0.1) is 0 Å². The first kappa shape index (κ1) is 18.6. The average Bonchev–Trinajstić information content (AvgIpc) is 2.98. The van der Waals surface area contributed by atoms with Crippen LogP contribution in [-0.4, -0.2) is 40.8 Å². The van der Waals surface area contributed by atoms with E-state index in [-0.39, 0.29) is 23.8 Å². The van der Waals surface area contributed by atoms with Crippen molar-refractivity contribution in [3.63, 3.8) is 0 Å². The van der Waals surface area contributed by atoms with E-state index >= 15 is 0 Å². The van der Waals surface area contributed by atoms with E-state index < -0.39 is 0 Å². The minimum Gasteiger partial charge on any atom is -0.490 e. The summed E-state index contributed by atoms with van der Waals surface area (Å²) < 4.78 is 8.20. The van der Waals surface area contributed by atoms with Crippen molar-refractivity contribution in [2.75, 3.05) is 13.1 Å². The summed E-state index contributed by atoms with van der Waals surface area (Å²) >= 11 is 0. The van der Waals surface area contributed by atoms with Crippen molar-refractivity contribution in [3.05, 3.63) is 23.9 Å². The predicted molar refractivity (Wildman–Crippen MR) is 109 cm³/mol. The van der Waals surface area contributed by atoms with Crippen LogP contribution < -0.4 is 15.4 Å². The molecule has 2 aromatic rings. The van der Waals surface area contributed by atoms with Gasteiger partial charge in [-0.2, -0.15) is 5.10 Å². The molecule has 0 radical (unpaired) electrons. The molecule has 154 valence electrons. The summed E-state index contributed by atoms with van der Waals surface area (Å²) in [5, 5.41) is 11.4. The molecule has 29 heavy (non-hydrogen) atoms. The van der Waals surface area contributed by atoms with E-state index in [9.17, 15) is 9.59 Å². The van der Waals surface area contributed by atoms with Crippen LogP contribution in [0.2, 0.25) is 0 Å². The SMILES string of the molecule is C[C@@H]1CC2(CC[C@@H]1Oc1ccc3c(C4CCC(=O)NC4=O)nn(C)c3c1)CNC2. The van der Waals surface area contributed by atoms with Crippen LogP contribution in [0.1, 0.15) is 50.6 Å². The van der Waals surface area contributed by atoms with Crippen LogP contribution in [0.3, 0.4) is 0 Å². The van der Waals surface area contributed by atoms with Gasteiger partial charge in [0, 0.05) is 38.0 Å². The van der Waals surface area contributed by atoms with Crippen molar-refractivity contribution in [1.29, 1.82) is 0 Å². The van der Waals surface area contributed by atoms with Crippen LogP contribution in [0.5, 0.6) is 5.75 Å². The summed E-state index contributed by atoms with van der Waals surface area (Å²) in [6.07, 6.45) is 4.63. The molecule has 1 aromatic heterocycles. The van der Waals surface area contributed by atoms with Crippen molar-refractivity contribution < 1.29 is 14.3 Å². The second kappa shape index (κ2) is 6.83. The molecule has 0 bridgehead atoms. The number of fused-ring (bicyclic) bond motifs is 1. The second-order valence-electron chi connectivity index (χ2n) is 9.17. The molecule has 7 nitrogen and oxygen atoms in total. The number of nitrogens with one attached hydrogen (secondary N) is 2. The number of carbonyl (C=O) groups is 2. The third kappa shape index (κ3) is 3.21. The maximum atomic E-state index is 12.3. The van der Waals surface area contributed by atoms with Gasteiger partial charge in [-0.3, -0.25) is 19.6 Å². The maximum Gasteiger partial charge on any atom is 0.235 e. The van der Waals surface area contributed by atoms with E-state index in [2.05, 4.69) is 22.7 Å². The summed E-state index contributed by atoms with van der Waals surface area (Å²) in [5.41, 5.74) is 2.19. The molecule has 3 fully saturated rings. The van der Waals surface area contributed by atoms with Gasteiger partial charge in [0.1, 0.15) is 11.9 Å². The van der Waals surface area contributed by atoms with Crippen LogP contribution in [0.15, 0.2) is 18.2 Å². The minimum absolute atomic E-state index is 0.205. The highest BCUT2D eigenvalue weighted by atomic mass is 16.5. The number of hydrogen-bond acceptors (Lipinski definition) is 5. The van der Waals surface area contributed by atoms with Crippen LogP contribution in [0.25, 0.3) is 10.9 Å². The number of carbonyl (C=O) groups excluding carboxylic acids is 2. The van der Waals surface area contributed by atoms with Gasteiger partial charge in [-0.05, 0) is 49.1 Å². The van der Waals surface area contributed by atoms with Crippen LogP contribution in [0, 0.1) is 11.3 Å². The number of ether oxygens (including phenoxy) is 1. The normalized spacial score (nSPS) is 29.0. The lowest BCUT2D eigenvalue weighted by Crippen LogP contribution is -2.57. The van der Waals surface area contributed by atoms with Gasteiger partial charge in [0.2, 0.25) is 11.8 Å². The fourth-order valence-electron chi connectivity index (χ4n) is 5.35. The number of rotatable bonds is 3. The Hall–Kier alpha value is -2.41. The lowest BCUT2D eigenvalue weighted by atomic mass is 9.65. The van der Waals surface area contributed by atoms with Gasteiger partial charge in [0.15, 0.2) is 0 Å². The molecule has 1 aliphatic carbocycles. The zero-order valence-corrected chi connectivity index (χ0v) is 17.0. The Morgan fingerprint density at radius 3 is 2.76 bits per heavy atom. The van der Waals surface area contributed by atoms with Crippen molar-refractivity contribution in [3.8, 4) is 5.75 Å². The monoisotopic (exact) mass is 396 g/mol. The van der Waals surface area contributed by atoms with Gasteiger partial charge in [0.05, 0.1) is 17.1 Å². The van der Waals surface area contributed by atoms with Gasteiger partial charge < -0.3 is 10.1 Å². The first-order valence-corrected chi connectivity index (χ1v) is 10.6. The van der Waals surface area contributed by atoms with E-state index in [0.717, 1.165) is 41.9 Å². The highest BCUT2D eigenvalue weighted by molar-refractivity contribution is 6.02. The number of nitrogens with zero attached hydrogens (tertiary/aromatic N) is 2. The molecule has 2 saturated heterocycles. The largest absolute Gasteiger partial charge is 0.490 e. The quantitative estimate of drug-likeness (QED) is 0.778. The number of amides is 2. The number of aryl methyl sites for hydroxylation is 1. The highest BCUT2D eigenvalue weighted by Gasteiger charge is 2.44. The third-order valence-corrected chi connectivity index (χ3v) is 7.06. The topological polar surface area (TPSA) is 85.2 Å². The maximum absolute atomic E-state index is 12.3. The lowest BCUT2D eigenvalue weighted by Gasteiger charge is -2.49. The molecule has 2 N–H and O–H groups in total. The molecule has 7 heteroatoms. The third-order valence-electron chi connectivity index (χ3n) is 7.06. The van der Waals surface area contributed by atoms with Crippen LogP contribution >= 0.6 is 0 Å². The van der Waals surface area contributed by atoms with Gasteiger partial charge in [0.25, 0.3) is 0 Å². The number of aromatic nitrogens is 2. The molecule has 1 unspecified atom stereocenters. The molecule has 2 aliphatic heterocycles. The minimum atomic E-state index is -0.381. The molecule has 2 amide bonds. The van der Waals surface area contributed by atoms with Crippen molar-refractivity contribution in [2.45, 2.75) is 51.0 Å². The Bertz CT molecular complexity index is 978. The summed E-state index contributed by atoms with van der Waals surface area (Å²) in [5.74, 6) is 0.552. The summed E-state index contributed by atoms with van der Waals surface area (Å²) in [7, 11) is 1.89. The predicted octanol–water partition coefficient (Wildman–Crippen LogP) is 2.25. The number of imide groups is 1. The average molecular weight is 396 g/mol. The van der Waals surface area contributed by atoms with Crippen LogP contribution in [0.4, 0.5) is 0 Å². The van der Waals surface area contributed by atoms with E-state index in [0.29, 0.717) is 24.2 Å². The zero-order chi connectivity index (χ0) is 20.2. The zero-order valence-electron chi connectivity index (χ0n) is 17.0. The summed E-state index contributed by atoms with van der Waals surface area (Å²) in [6, 6.07) is 6.02. The van der Waals surface area contributed by atoms with Gasteiger partial charge in [-0.1, -0.05) is 6.92 Å². The Kier molecular flexibility index (Phi) is 4.38. The summed E-state index contributed by atoms with van der Waals surface area (Å²) in [6.45, 7) is 4.59. The highest BCUT2D eigenvalue weighted by Crippen LogP contribution is 2.43. The Morgan fingerprint density at radius 1 is 1.24 bits per heavy atom. The fraction of sp³-hybridized carbons (Fsp3) is 0.591. The molecular formula is C22H28N4O3. The Morgan fingerprint density at radius 2 is 2.07 bits per heavy atom. The fourth-order valence-corrected chi connectivity index (χ4v) is 5.35. The molecule has 1 spiro atoms. The number of piperidine rings is 1. The van der Waals surface area contributed by atoms with Crippen molar-refractivity contribution >= 4 is 22.7 Å². The smallest absolute Gasteiger partial charge is 0.235 e. The number of hydrogen-bond donors (Lipinski definition) is 2. The molecule has 3 heterocycles. The molecule has 5 rings (SSSR count). The molecular weight excluding hydrogens is 368 g/mol. The van der Waals surface area contributed by atoms with Gasteiger partial charge in [-0.25, -0.2) is 0 Å². The Labute approximate surface area is 170 Å². The molecule has 3 aliphatic rings. The molecule has 3 atom stereocenters. The van der Waals surface area contributed by atoms with E-state index in [1.165, 1.54) is 12.8 Å². The molecule has 1 aromatic carbocycles. The van der Waals surface area contributed by atoms with Crippen LogP contribution in [-0.2, 0) is 16.6 Å². The Balaban J connectivity index is 1.36. The van der Waals surface area contributed by atoms with Gasteiger partial charge >= 0.3 is 0 Å². The summed E-state index contributed by atoms with van der Waals surface area (Å²) in [4.78, 5) is 23.8. The standard InChI is InChI=1S/C22H28N4O3/c1-13-10-22(11-23-12-22)8-7-18(13)29-14-3-4-15-17(9-14)26(2)25-20(15)16-5-6-19(27)24-21(16)28/h3-4,9,13,16,18,23H,5-8,10-12H2,1-2H3,(H,24,27,28)/t13-,16?,18+/m1/s1. The van der Waals surface area contributed by atoms with Crippen molar-refractivity contribution in [2.24, 2.45) is 18.4 Å². The first-order valence-electron chi connectivity index (χ1n) is 10.6. The number of benzene rings is 1. The lowest BCUT2D eigenvalue weighted by molar-refractivity contribution is -0.134.